The van der Waals surface area contributed by atoms with E-state index in [4.69, 9.17) is 28.0 Å². The number of hydrogen-bond acceptors (Lipinski definition) is 6. The van der Waals surface area contributed by atoms with Crippen LogP contribution in [0.15, 0.2) is 41.8 Å². The van der Waals surface area contributed by atoms with Crippen LogP contribution < -0.4 is 0 Å². The van der Waals surface area contributed by atoms with Crippen LogP contribution in [-0.2, 0) is 21.0 Å². The Morgan fingerprint density at radius 3 is 2.67 bits per heavy atom. The molecule has 0 bridgehead atoms. The number of ketones is 2. The fraction of sp³-hybridized carbons (Fsp3) is 0.586. The molecule has 4 aliphatic carbocycles. The lowest BCUT2D eigenvalue weighted by Crippen LogP contribution is -2.69. The Morgan fingerprint density at radius 1 is 1.23 bits per heavy atom. The van der Waals surface area contributed by atoms with Gasteiger partial charge < -0.3 is 10.2 Å². The lowest BCUT2D eigenvalue weighted by atomic mass is 9.45. The molecule has 1 aromatic carbocycles. The predicted molar refractivity (Wildman–Crippen MR) is 140 cm³/mol. The average molecular weight is 582 g/mol. The van der Waals surface area contributed by atoms with Crippen LogP contribution in [0.1, 0.15) is 45.1 Å². The Balaban J connectivity index is 1.39. The van der Waals surface area contributed by atoms with Crippen molar-refractivity contribution in [3.8, 4) is 0 Å². The van der Waals surface area contributed by atoms with Crippen LogP contribution in [0.25, 0.3) is 0 Å². The number of halogens is 4. The highest BCUT2D eigenvalue weighted by molar-refractivity contribution is 6.42. The molecule has 6 nitrogen and oxygen atoms in total. The summed E-state index contributed by atoms with van der Waals surface area (Å²) < 4.78 is 33.1. The van der Waals surface area contributed by atoms with Crippen LogP contribution in [0, 0.1) is 28.6 Å². The van der Waals surface area contributed by atoms with Crippen molar-refractivity contribution in [2.45, 2.75) is 63.4 Å². The lowest BCUT2D eigenvalue weighted by Gasteiger charge is -2.62. The Bertz CT molecular complexity index is 1340. The van der Waals surface area contributed by atoms with Gasteiger partial charge >= 0.3 is 0 Å². The topological polar surface area (TPSA) is 87.1 Å². The first-order valence-electron chi connectivity index (χ1n) is 13.3. The van der Waals surface area contributed by atoms with Gasteiger partial charge in [0.25, 0.3) is 0 Å². The highest BCUT2D eigenvalue weighted by atomic mass is 35.5. The van der Waals surface area contributed by atoms with Gasteiger partial charge in [0.2, 0.25) is 0 Å². The number of hydroxylamine groups is 2. The Morgan fingerprint density at radius 2 is 1.97 bits per heavy atom. The summed E-state index contributed by atoms with van der Waals surface area (Å²) >= 11 is 12.2. The molecule has 6 rings (SSSR count). The van der Waals surface area contributed by atoms with Crippen molar-refractivity contribution in [2.75, 3.05) is 13.2 Å². The summed E-state index contributed by atoms with van der Waals surface area (Å²) in [6, 6.07) is 5.19. The summed E-state index contributed by atoms with van der Waals surface area (Å²) in [6.07, 6.45) is 0.919. The van der Waals surface area contributed by atoms with Crippen LogP contribution in [0.2, 0.25) is 10.0 Å². The van der Waals surface area contributed by atoms with E-state index in [0.29, 0.717) is 29.6 Å². The number of fused-ring (bicyclic) bond motifs is 7. The molecule has 1 heterocycles. The Kier molecular flexibility index (Phi) is 6.28. The first-order valence-corrected chi connectivity index (χ1v) is 14.1. The fourth-order valence-corrected chi connectivity index (χ4v) is 9.17. The van der Waals surface area contributed by atoms with E-state index in [1.807, 2.05) is 0 Å². The summed E-state index contributed by atoms with van der Waals surface area (Å²) in [4.78, 5) is 32.1. The van der Waals surface area contributed by atoms with Gasteiger partial charge in [-0.05, 0) is 55.0 Å². The van der Waals surface area contributed by atoms with Gasteiger partial charge in [-0.25, -0.2) is 8.78 Å². The third kappa shape index (κ3) is 3.45. The fourth-order valence-electron chi connectivity index (χ4n) is 8.85. The minimum Gasteiger partial charge on any atom is -0.390 e. The van der Waals surface area contributed by atoms with E-state index in [0.717, 1.165) is 5.56 Å². The van der Waals surface area contributed by atoms with Crippen LogP contribution in [0.5, 0.6) is 0 Å². The van der Waals surface area contributed by atoms with Crippen molar-refractivity contribution >= 4 is 34.8 Å². The van der Waals surface area contributed by atoms with Gasteiger partial charge in [-0.1, -0.05) is 42.3 Å². The smallest absolute Gasteiger partial charge is 0.192 e. The molecule has 39 heavy (non-hydrogen) atoms. The maximum Gasteiger partial charge on any atom is 0.192 e. The van der Waals surface area contributed by atoms with Crippen LogP contribution in [-0.4, -0.2) is 57.4 Å². The lowest BCUT2D eigenvalue weighted by molar-refractivity contribution is -0.267. The zero-order valence-electron chi connectivity index (χ0n) is 21.7. The predicted octanol–water partition coefficient (Wildman–Crippen LogP) is 4.93. The van der Waals surface area contributed by atoms with Crippen molar-refractivity contribution < 1.29 is 33.4 Å². The molecule has 5 aliphatic rings. The quantitative estimate of drug-likeness (QED) is 0.524. The van der Waals surface area contributed by atoms with Gasteiger partial charge in [0.1, 0.15) is 12.4 Å². The summed E-state index contributed by atoms with van der Waals surface area (Å²) in [6.45, 7) is 3.21. The van der Waals surface area contributed by atoms with E-state index >= 15 is 8.78 Å². The summed E-state index contributed by atoms with van der Waals surface area (Å²) in [7, 11) is 0. The number of nitrogens with zero attached hydrogens (tertiary/aromatic N) is 1. The van der Waals surface area contributed by atoms with Crippen LogP contribution in [0.3, 0.4) is 0 Å². The SMILES string of the molecule is C[C@]12C=CC(=O)CC1=C(F)C[C@H]1[C@@H]3C[C@H]4CN(Cc5ccc(Cl)c(Cl)c5)O[C@@]4(C(=O)CO)[C@@]3(C)C[C@H](O)[C@@]12F. The number of allylic oxidation sites excluding steroid dienone is 4. The zero-order chi connectivity index (χ0) is 28.1. The molecular formula is C29H31Cl2F2NO5. The number of alkyl halides is 1. The third-order valence-corrected chi connectivity index (χ3v) is 11.3. The summed E-state index contributed by atoms with van der Waals surface area (Å²) in [5, 5.41) is 24.1. The van der Waals surface area contributed by atoms with E-state index in [1.54, 1.807) is 37.1 Å². The average Bonchev–Trinajstić information content (AvgIpc) is 3.36. The summed E-state index contributed by atoms with van der Waals surface area (Å²) in [5.41, 5.74) is -5.40. The number of aliphatic hydroxyl groups is 2. The number of rotatable bonds is 4. The highest BCUT2D eigenvalue weighted by Crippen LogP contribution is 2.72. The van der Waals surface area contributed by atoms with E-state index in [9.17, 15) is 19.8 Å². The molecule has 1 saturated heterocycles. The van der Waals surface area contributed by atoms with Gasteiger partial charge in [-0.15, -0.1) is 0 Å². The summed E-state index contributed by atoms with van der Waals surface area (Å²) in [5.74, 6) is -3.21. The molecule has 1 aromatic rings. The number of Topliss-reactive ketones (excluding diaryl/α,β-unsaturated/α-hetero) is 1. The van der Waals surface area contributed by atoms with E-state index in [1.165, 1.54) is 12.2 Å². The monoisotopic (exact) mass is 581 g/mol. The Labute approximate surface area is 235 Å². The van der Waals surface area contributed by atoms with Crippen LogP contribution in [0.4, 0.5) is 8.78 Å². The molecule has 0 spiro atoms. The molecule has 0 radical (unpaired) electrons. The van der Waals surface area contributed by atoms with Crippen molar-refractivity contribution in [1.82, 2.24) is 5.06 Å². The first-order chi connectivity index (χ1) is 18.3. The minimum absolute atomic E-state index is 0.0970. The molecular weight excluding hydrogens is 551 g/mol. The zero-order valence-corrected chi connectivity index (χ0v) is 23.2. The Hall–Kier alpha value is -1.68. The molecule has 0 amide bonds. The first kappa shape index (κ1) is 27.5. The van der Waals surface area contributed by atoms with Gasteiger partial charge in [0.15, 0.2) is 22.8 Å². The van der Waals surface area contributed by atoms with Gasteiger partial charge in [-0.2, -0.15) is 5.06 Å². The van der Waals surface area contributed by atoms with Crippen molar-refractivity contribution in [3.05, 3.63) is 57.4 Å². The number of aliphatic hydroxyl groups excluding tert-OH is 2. The molecule has 8 atom stereocenters. The van der Waals surface area contributed by atoms with Gasteiger partial charge in [-0.3, -0.25) is 14.4 Å². The number of hydrogen-bond donors (Lipinski definition) is 2. The van der Waals surface area contributed by atoms with E-state index in [2.05, 4.69) is 0 Å². The van der Waals surface area contributed by atoms with Crippen LogP contribution >= 0.6 is 23.2 Å². The maximum atomic E-state index is 17.4. The molecule has 210 valence electrons. The third-order valence-electron chi connectivity index (χ3n) is 10.6. The normalized spacial score (nSPS) is 43.2. The largest absolute Gasteiger partial charge is 0.390 e. The maximum absolute atomic E-state index is 17.4. The number of carbonyl (C=O) groups excluding carboxylic acids is 2. The standard InChI is InChI=1S/C29H31Cl2F2NO5/c1-26-6-5-17(36)9-20(26)23(32)10-19-18-8-16-13-34(12-15-3-4-21(30)22(31)7-15)39-29(16,25(38)14-35)27(18,2)11-24(37)28(19,26)33/h3-7,16,18-19,24,35,37H,8-14H2,1-2H3/t16-,18-,19-,24-,26-,27-,28-,29-/m0/s1. The number of benzene rings is 1. The second-order valence-corrected chi connectivity index (χ2v) is 13.1. The molecule has 1 aliphatic heterocycles. The second-order valence-electron chi connectivity index (χ2n) is 12.3. The molecule has 2 saturated carbocycles. The van der Waals surface area contributed by atoms with Crippen molar-refractivity contribution in [2.24, 2.45) is 28.6 Å². The minimum atomic E-state index is -2.23. The van der Waals surface area contributed by atoms with Crippen molar-refractivity contribution in [1.29, 1.82) is 0 Å². The van der Waals surface area contributed by atoms with Gasteiger partial charge in [0, 0.05) is 48.6 Å². The molecule has 3 fully saturated rings. The molecule has 2 N–H and O–H groups in total. The van der Waals surface area contributed by atoms with Gasteiger partial charge in [0.05, 0.1) is 16.1 Å². The van der Waals surface area contributed by atoms with E-state index in [-0.39, 0.29) is 30.6 Å². The highest BCUT2D eigenvalue weighted by Gasteiger charge is 2.79. The molecule has 0 unspecified atom stereocenters. The molecule has 10 heteroatoms. The number of carbonyl (C=O) groups is 2. The second kappa shape index (κ2) is 8.91. The van der Waals surface area contributed by atoms with Crippen molar-refractivity contribution in [3.63, 3.8) is 0 Å². The molecule has 0 aromatic heterocycles. The van der Waals surface area contributed by atoms with E-state index < -0.39 is 64.2 Å².